The zero-order valence-electron chi connectivity index (χ0n) is 18.5. The van der Waals surface area contributed by atoms with Crippen molar-refractivity contribution < 1.29 is 34.0 Å². The average Bonchev–Trinajstić information content (AvgIpc) is 3.05. The Balaban J connectivity index is 1.66. The number of aliphatic hydroxyl groups excluding tert-OH is 3. The summed E-state index contributed by atoms with van der Waals surface area (Å²) in [5, 5.41) is 36.4. The van der Waals surface area contributed by atoms with Crippen LogP contribution in [0.5, 0.6) is 0 Å². The van der Waals surface area contributed by atoms with E-state index in [0.29, 0.717) is 25.5 Å². The minimum absolute atomic E-state index is 0.166. The number of alkyl halides is 2. The lowest BCUT2D eigenvalue weighted by Crippen LogP contribution is -2.65. The second-order valence-electron chi connectivity index (χ2n) is 9.09. The molecule has 0 aromatic heterocycles. The third-order valence-corrected chi connectivity index (χ3v) is 8.02. The van der Waals surface area contributed by atoms with Crippen molar-refractivity contribution >= 4 is 29.3 Å². The van der Waals surface area contributed by atoms with Gasteiger partial charge in [-0.05, 0) is 50.7 Å². The topological polar surface area (TPSA) is 120 Å². The summed E-state index contributed by atoms with van der Waals surface area (Å²) in [6.07, 6.45) is -0.498. The van der Waals surface area contributed by atoms with Gasteiger partial charge >= 0.3 is 0 Å². The molecule has 0 aliphatic carbocycles. The molecule has 3 heterocycles. The Morgan fingerprint density at radius 1 is 1.31 bits per heavy atom. The van der Waals surface area contributed by atoms with Gasteiger partial charge in [0.1, 0.15) is 35.9 Å². The molecule has 2 unspecified atom stereocenters. The summed E-state index contributed by atoms with van der Waals surface area (Å²) in [5.41, 5.74) is -0.756. The van der Waals surface area contributed by atoms with Crippen LogP contribution in [0.2, 0.25) is 0 Å². The van der Waals surface area contributed by atoms with Gasteiger partial charge in [-0.2, -0.15) is 0 Å². The van der Waals surface area contributed by atoms with E-state index >= 15 is 0 Å². The van der Waals surface area contributed by atoms with Gasteiger partial charge in [0.15, 0.2) is 0 Å². The van der Waals surface area contributed by atoms with E-state index in [9.17, 15) is 24.5 Å². The van der Waals surface area contributed by atoms with Crippen molar-refractivity contribution in [2.75, 3.05) is 26.1 Å². The lowest BCUT2D eigenvalue weighted by molar-refractivity contribution is -0.205. The third kappa shape index (κ3) is 5.89. The number of amides is 1. The summed E-state index contributed by atoms with van der Waals surface area (Å²) >= 11 is 7.56. The Morgan fingerprint density at radius 3 is 2.72 bits per heavy atom. The summed E-state index contributed by atoms with van der Waals surface area (Å²) in [7, 11) is 0. The molecule has 32 heavy (non-hydrogen) atoms. The molecule has 3 aliphatic heterocycles. The molecule has 0 radical (unpaired) electrons. The van der Waals surface area contributed by atoms with Crippen LogP contribution in [0, 0.1) is 11.8 Å². The summed E-state index contributed by atoms with van der Waals surface area (Å²) < 4.78 is 24.4. The minimum atomic E-state index is -1.42. The van der Waals surface area contributed by atoms with Crippen molar-refractivity contribution in [2.45, 2.75) is 86.0 Å². The molecule has 0 aromatic rings. The summed E-state index contributed by atoms with van der Waals surface area (Å²) in [5.74, 6) is 0.246. The van der Waals surface area contributed by atoms with E-state index in [1.807, 2.05) is 0 Å². The van der Waals surface area contributed by atoms with Crippen molar-refractivity contribution in [1.82, 2.24) is 10.6 Å². The normalized spacial score (nSPS) is 42.0. The first kappa shape index (κ1) is 26.4. The number of aliphatic hydroxyl groups is 3. The van der Waals surface area contributed by atoms with Gasteiger partial charge < -0.3 is 35.4 Å². The lowest BCUT2D eigenvalue weighted by Gasteiger charge is -2.44. The van der Waals surface area contributed by atoms with Crippen LogP contribution in [0.15, 0.2) is 0 Å². The summed E-state index contributed by atoms with van der Waals surface area (Å²) in [6.45, 7) is 2.53. The van der Waals surface area contributed by atoms with Gasteiger partial charge in [0.25, 0.3) is 0 Å². The number of hydrogen-bond acceptors (Lipinski definition) is 8. The molecule has 3 aliphatic rings. The highest BCUT2D eigenvalue weighted by molar-refractivity contribution is 7.99. The van der Waals surface area contributed by atoms with Gasteiger partial charge in [0, 0.05) is 13.2 Å². The third-order valence-electron chi connectivity index (χ3n) is 6.89. The van der Waals surface area contributed by atoms with Crippen molar-refractivity contribution in [3.63, 3.8) is 0 Å². The van der Waals surface area contributed by atoms with Crippen molar-refractivity contribution in [1.29, 1.82) is 0 Å². The van der Waals surface area contributed by atoms with Crippen LogP contribution < -0.4 is 10.6 Å². The number of nitrogens with one attached hydrogen (secondary N) is 2. The summed E-state index contributed by atoms with van der Waals surface area (Å²) in [6, 6.07) is -1.37. The lowest BCUT2D eigenvalue weighted by atomic mass is 9.87. The first-order chi connectivity index (χ1) is 15.3. The molecule has 186 valence electrons. The van der Waals surface area contributed by atoms with Gasteiger partial charge in [-0.3, -0.25) is 9.18 Å². The maximum Gasteiger partial charge on any atom is 0.240 e. The number of thioether (sulfide) groups is 1. The van der Waals surface area contributed by atoms with Gasteiger partial charge in [0.05, 0.1) is 24.2 Å². The molecule has 0 bridgehead atoms. The highest BCUT2D eigenvalue weighted by atomic mass is 35.5. The highest BCUT2D eigenvalue weighted by Gasteiger charge is 2.49. The van der Waals surface area contributed by atoms with Gasteiger partial charge in [-0.1, -0.05) is 0 Å². The van der Waals surface area contributed by atoms with E-state index in [-0.39, 0.29) is 24.6 Å². The second kappa shape index (κ2) is 12.0. The first-order valence-electron chi connectivity index (χ1n) is 11.4. The molecule has 3 saturated heterocycles. The molecule has 11 heteroatoms. The Kier molecular flexibility index (Phi) is 9.88. The number of rotatable bonds is 8. The number of hydrogen-bond donors (Lipinski definition) is 5. The predicted molar refractivity (Wildman–Crippen MR) is 120 cm³/mol. The highest BCUT2D eigenvalue weighted by Crippen LogP contribution is 2.34. The number of carbonyl (C=O) groups excluding carboxylic acids is 1. The molecule has 3 fully saturated rings. The van der Waals surface area contributed by atoms with Crippen LogP contribution >= 0.6 is 23.4 Å². The summed E-state index contributed by atoms with van der Waals surface area (Å²) in [4.78, 5) is 13.2. The van der Waals surface area contributed by atoms with Crippen LogP contribution in [0.3, 0.4) is 0 Å². The maximum atomic E-state index is 13.2. The number of fused-ring (bicyclic) bond motifs is 1. The van der Waals surface area contributed by atoms with E-state index in [4.69, 9.17) is 21.1 Å². The monoisotopic (exact) mass is 498 g/mol. The SMILES string of the molecule is CSC1O[C@H]([C@H](NC(=O)[C@H]2NC[C@@H]3C[C@H](CCCF)CCO[C@H]32)[C@H](C)Cl)C(O)[C@@H](O)[C@H]1O. The average molecular weight is 499 g/mol. The maximum absolute atomic E-state index is 13.2. The molecule has 0 aromatic carbocycles. The smallest absolute Gasteiger partial charge is 0.240 e. The van der Waals surface area contributed by atoms with Gasteiger partial charge in [-0.15, -0.1) is 23.4 Å². The molecule has 1 amide bonds. The van der Waals surface area contributed by atoms with Crippen LogP contribution in [0.1, 0.15) is 32.6 Å². The molecule has 8 nitrogen and oxygen atoms in total. The van der Waals surface area contributed by atoms with E-state index < -0.39 is 47.3 Å². The standard InChI is InChI=1S/C21H36ClFN2O6S/c1-10(22)13(19-16(27)15(26)17(28)21(31-19)32-2)25-20(29)14-18-12(9-24-14)8-11(4-3-6-23)5-7-30-18/h10-19,21,24,26-28H,3-9H2,1-2H3,(H,25,29)/t10-,11+,12-,13+,14-,15+,16?,17+,18+,19+,21?/m0/s1. The zero-order chi connectivity index (χ0) is 23.4. The fraction of sp³-hybridized carbons (Fsp3) is 0.952. The zero-order valence-corrected chi connectivity index (χ0v) is 20.1. The molecule has 0 spiro atoms. The fourth-order valence-electron chi connectivity index (χ4n) is 5.10. The number of halogens is 2. The molecular weight excluding hydrogens is 463 g/mol. The van der Waals surface area contributed by atoms with Crippen molar-refractivity contribution in [3.8, 4) is 0 Å². The van der Waals surface area contributed by atoms with Gasteiger partial charge in [0.2, 0.25) is 5.91 Å². The number of ether oxygens (including phenoxy) is 2. The number of carbonyl (C=O) groups is 1. The van der Waals surface area contributed by atoms with E-state index in [0.717, 1.165) is 19.3 Å². The van der Waals surface area contributed by atoms with Crippen LogP contribution in [-0.4, -0.2) is 101 Å². The molecule has 0 saturated carbocycles. The molecule has 3 rings (SSSR count). The molecular formula is C21H36ClFN2O6S. The van der Waals surface area contributed by atoms with Crippen molar-refractivity contribution in [3.05, 3.63) is 0 Å². The van der Waals surface area contributed by atoms with Crippen LogP contribution in [0.25, 0.3) is 0 Å². The molecule has 11 atom stereocenters. The van der Waals surface area contributed by atoms with E-state index in [1.165, 1.54) is 11.8 Å². The van der Waals surface area contributed by atoms with Gasteiger partial charge in [-0.25, -0.2) is 0 Å². The Bertz CT molecular complexity index is 621. The van der Waals surface area contributed by atoms with Crippen molar-refractivity contribution in [2.24, 2.45) is 11.8 Å². The van der Waals surface area contributed by atoms with E-state index in [1.54, 1.807) is 13.2 Å². The van der Waals surface area contributed by atoms with Crippen LogP contribution in [0.4, 0.5) is 4.39 Å². The fourth-order valence-corrected chi connectivity index (χ4v) is 5.98. The first-order valence-corrected chi connectivity index (χ1v) is 13.1. The molecule has 5 N–H and O–H groups in total. The Hall–Kier alpha value is -0.200. The van der Waals surface area contributed by atoms with Crippen LogP contribution in [-0.2, 0) is 14.3 Å². The largest absolute Gasteiger partial charge is 0.388 e. The Morgan fingerprint density at radius 2 is 2.06 bits per heavy atom. The minimum Gasteiger partial charge on any atom is -0.388 e. The quantitative estimate of drug-likeness (QED) is 0.305. The Labute approximate surface area is 197 Å². The second-order valence-corrected chi connectivity index (χ2v) is 10.7. The predicted octanol–water partition coefficient (Wildman–Crippen LogP) is 0.402. The van der Waals surface area contributed by atoms with E-state index in [2.05, 4.69) is 10.6 Å².